The maximum Gasteiger partial charge on any atom is 0.416 e. The summed E-state index contributed by atoms with van der Waals surface area (Å²) in [5.74, 6) is -0.603. The van der Waals surface area contributed by atoms with Gasteiger partial charge in [0.05, 0.1) is 5.56 Å². The lowest BCUT2D eigenvalue weighted by Gasteiger charge is -2.15. The van der Waals surface area contributed by atoms with Crippen LogP contribution in [0.3, 0.4) is 0 Å². The molecule has 0 aromatic heterocycles. The predicted octanol–water partition coefficient (Wildman–Crippen LogP) is 2.10. The van der Waals surface area contributed by atoms with Crippen LogP contribution in [0.15, 0.2) is 24.3 Å². The van der Waals surface area contributed by atoms with Gasteiger partial charge in [-0.3, -0.25) is 9.59 Å². The Labute approximate surface area is 119 Å². The predicted molar refractivity (Wildman–Crippen MR) is 69.6 cm³/mol. The zero-order valence-corrected chi connectivity index (χ0v) is 11.2. The summed E-state index contributed by atoms with van der Waals surface area (Å²) >= 11 is 0. The Hall–Kier alpha value is -2.05. The lowest BCUT2D eigenvalue weighted by molar-refractivity contribution is -0.137. The molecule has 1 aliphatic rings. The van der Waals surface area contributed by atoms with Crippen molar-refractivity contribution in [2.75, 3.05) is 6.54 Å². The van der Waals surface area contributed by atoms with Gasteiger partial charge >= 0.3 is 6.18 Å². The number of hydrogen-bond donors (Lipinski definition) is 2. The summed E-state index contributed by atoms with van der Waals surface area (Å²) in [4.78, 5) is 23.3. The standard InChI is InChI=1S/C14H15F3N2O2/c15-14(16,17)10-5-3-9(4-6-10)13(21)19-11-2-1-7-18-12(20)8-11/h3-6,11H,1-2,7-8H2,(H,18,20)(H,19,21). The fraction of sp³-hybridized carbons (Fsp3) is 0.429. The van der Waals surface area contributed by atoms with Crippen molar-refractivity contribution in [3.63, 3.8) is 0 Å². The van der Waals surface area contributed by atoms with Crippen LogP contribution in [0.5, 0.6) is 0 Å². The number of amides is 2. The van der Waals surface area contributed by atoms with Crippen LogP contribution in [0.4, 0.5) is 13.2 Å². The van der Waals surface area contributed by atoms with Gasteiger partial charge in [-0.1, -0.05) is 0 Å². The van der Waals surface area contributed by atoms with Crippen LogP contribution in [0, 0.1) is 0 Å². The van der Waals surface area contributed by atoms with E-state index in [0.29, 0.717) is 13.0 Å². The summed E-state index contributed by atoms with van der Waals surface area (Å²) in [6.45, 7) is 0.575. The molecule has 1 saturated heterocycles. The van der Waals surface area contributed by atoms with Gasteiger partial charge in [0.1, 0.15) is 0 Å². The van der Waals surface area contributed by atoms with Crippen LogP contribution >= 0.6 is 0 Å². The van der Waals surface area contributed by atoms with E-state index in [9.17, 15) is 22.8 Å². The van der Waals surface area contributed by atoms with Crippen molar-refractivity contribution in [1.82, 2.24) is 10.6 Å². The number of rotatable bonds is 2. The van der Waals surface area contributed by atoms with Gasteiger partial charge in [-0.25, -0.2) is 0 Å². The van der Waals surface area contributed by atoms with E-state index >= 15 is 0 Å². The molecule has 4 nitrogen and oxygen atoms in total. The first-order valence-corrected chi connectivity index (χ1v) is 6.61. The molecule has 21 heavy (non-hydrogen) atoms. The molecule has 1 atom stereocenters. The van der Waals surface area contributed by atoms with Crippen LogP contribution in [0.25, 0.3) is 0 Å². The van der Waals surface area contributed by atoms with E-state index in [-0.39, 0.29) is 23.9 Å². The summed E-state index contributed by atoms with van der Waals surface area (Å²) in [6.07, 6.45) is -2.82. The SMILES string of the molecule is O=C1CC(NC(=O)c2ccc(C(F)(F)F)cc2)CCCN1. The summed E-state index contributed by atoms with van der Waals surface area (Å²) in [5, 5.41) is 5.38. The topological polar surface area (TPSA) is 58.2 Å². The zero-order chi connectivity index (χ0) is 15.5. The highest BCUT2D eigenvalue weighted by Crippen LogP contribution is 2.29. The number of nitrogens with one attached hydrogen (secondary N) is 2. The Morgan fingerprint density at radius 2 is 1.90 bits per heavy atom. The summed E-state index contributed by atoms with van der Waals surface area (Å²) in [6, 6.07) is 3.72. The lowest BCUT2D eigenvalue weighted by Crippen LogP contribution is -2.36. The second kappa shape index (κ2) is 6.15. The largest absolute Gasteiger partial charge is 0.416 e. The first-order chi connectivity index (χ1) is 9.86. The minimum atomic E-state index is -4.42. The first kappa shape index (κ1) is 15.3. The third-order valence-corrected chi connectivity index (χ3v) is 3.29. The molecule has 1 unspecified atom stereocenters. The Balaban J connectivity index is 2.01. The molecule has 0 bridgehead atoms. The molecule has 7 heteroatoms. The first-order valence-electron chi connectivity index (χ1n) is 6.61. The van der Waals surface area contributed by atoms with Gasteiger partial charge < -0.3 is 10.6 Å². The Kier molecular flexibility index (Phi) is 4.50. The maximum absolute atomic E-state index is 12.4. The van der Waals surface area contributed by atoms with Gasteiger partial charge in [-0.05, 0) is 37.1 Å². The number of benzene rings is 1. The average molecular weight is 300 g/mol. The van der Waals surface area contributed by atoms with Gasteiger partial charge in [-0.15, -0.1) is 0 Å². The Morgan fingerprint density at radius 1 is 1.24 bits per heavy atom. The van der Waals surface area contributed by atoms with Gasteiger partial charge in [-0.2, -0.15) is 13.2 Å². The molecule has 0 aliphatic carbocycles. The summed E-state index contributed by atoms with van der Waals surface area (Å²) in [7, 11) is 0. The molecule has 0 saturated carbocycles. The van der Waals surface area contributed by atoms with Gasteiger partial charge in [0.15, 0.2) is 0 Å². The van der Waals surface area contributed by atoms with Crippen molar-refractivity contribution in [3.8, 4) is 0 Å². The van der Waals surface area contributed by atoms with Crippen LogP contribution in [-0.4, -0.2) is 24.4 Å². The molecule has 0 radical (unpaired) electrons. The van der Waals surface area contributed by atoms with E-state index in [1.54, 1.807) is 0 Å². The number of hydrogen-bond acceptors (Lipinski definition) is 2. The summed E-state index contributed by atoms with van der Waals surface area (Å²) in [5.41, 5.74) is -0.652. The molecular formula is C14H15F3N2O2. The molecule has 2 rings (SSSR count). The molecule has 1 aliphatic heterocycles. The highest BCUT2D eigenvalue weighted by molar-refractivity contribution is 5.94. The van der Waals surface area contributed by atoms with E-state index in [1.807, 2.05) is 0 Å². The van der Waals surface area contributed by atoms with Crippen molar-refractivity contribution in [2.24, 2.45) is 0 Å². The normalized spacial score (nSPS) is 19.6. The fourth-order valence-electron chi connectivity index (χ4n) is 2.18. The van der Waals surface area contributed by atoms with E-state index in [1.165, 1.54) is 0 Å². The molecule has 1 heterocycles. The van der Waals surface area contributed by atoms with Crippen molar-refractivity contribution in [3.05, 3.63) is 35.4 Å². The average Bonchev–Trinajstić information content (AvgIpc) is 2.62. The Bertz CT molecular complexity index is 526. The Morgan fingerprint density at radius 3 is 2.52 bits per heavy atom. The van der Waals surface area contributed by atoms with Crippen LogP contribution in [0.2, 0.25) is 0 Å². The third-order valence-electron chi connectivity index (χ3n) is 3.29. The molecule has 114 valence electrons. The van der Waals surface area contributed by atoms with Crippen LogP contribution in [0.1, 0.15) is 35.2 Å². The maximum atomic E-state index is 12.4. The van der Waals surface area contributed by atoms with Gasteiger partial charge in [0.2, 0.25) is 5.91 Å². The molecule has 0 spiro atoms. The molecule has 2 N–H and O–H groups in total. The highest BCUT2D eigenvalue weighted by atomic mass is 19.4. The number of alkyl halides is 3. The molecule has 1 aromatic rings. The number of carbonyl (C=O) groups is 2. The highest BCUT2D eigenvalue weighted by Gasteiger charge is 2.30. The molecule has 1 aromatic carbocycles. The van der Waals surface area contributed by atoms with Crippen LogP contribution in [-0.2, 0) is 11.0 Å². The van der Waals surface area contributed by atoms with Gasteiger partial charge in [0, 0.05) is 24.6 Å². The number of halogens is 3. The molecule has 1 fully saturated rings. The lowest BCUT2D eigenvalue weighted by atomic mass is 10.1. The van der Waals surface area contributed by atoms with Crippen LogP contribution < -0.4 is 10.6 Å². The van der Waals surface area contributed by atoms with E-state index in [2.05, 4.69) is 10.6 Å². The second-order valence-electron chi connectivity index (χ2n) is 4.94. The quantitative estimate of drug-likeness (QED) is 0.879. The van der Waals surface area contributed by atoms with Gasteiger partial charge in [0.25, 0.3) is 5.91 Å². The number of carbonyl (C=O) groups excluding carboxylic acids is 2. The van der Waals surface area contributed by atoms with E-state index in [0.717, 1.165) is 30.7 Å². The monoisotopic (exact) mass is 300 g/mol. The summed E-state index contributed by atoms with van der Waals surface area (Å²) < 4.78 is 37.3. The minimum absolute atomic E-state index is 0.134. The van der Waals surface area contributed by atoms with Crippen molar-refractivity contribution in [1.29, 1.82) is 0 Å². The fourth-order valence-corrected chi connectivity index (χ4v) is 2.18. The molecular weight excluding hydrogens is 285 g/mol. The minimum Gasteiger partial charge on any atom is -0.356 e. The smallest absolute Gasteiger partial charge is 0.356 e. The van der Waals surface area contributed by atoms with Crippen molar-refractivity contribution in [2.45, 2.75) is 31.5 Å². The van der Waals surface area contributed by atoms with Crippen molar-refractivity contribution < 1.29 is 22.8 Å². The third kappa shape index (κ3) is 4.21. The van der Waals surface area contributed by atoms with E-state index in [4.69, 9.17) is 0 Å². The molecule has 2 amide bonds. The zero-order valence-electron chi connectivity index (χ0n) is 11.2. The van der Waals surface area contributed by atoms with Crippen molar-refractivity contribution >= 4 is 11.8 Å². The van der Waals surface area contributed by atoms with E-state index < -0.39 is 17.6 Å². The second-order valence-corrected chi connectivity index (χ2v) is 4.94.